The normalized spacial score (nSPS) is 24.3. The molecule has 2 aliphatic rings. The van der Waals surface area contributed by atoms with Gasteiger partial charge in [-0.2, -0.15) is 0 Å². The van der Waals surface area contributed by atoms with Crippen LogP contribution in [0.15, 0.2) is 24.3 Å². The number of aliphatic hydroxyl groups excluding tert-OH is 1. The van der Waals surface area contributed by atoms with E-state index in [1.807, 2.05) is 12.1 Å². The lowest BCUT2D eigenvalue weighted by Crippen LogP contribution is -2.50. The molecule has 3 rings (SSSR count). The van der Waals surface area contributed by atoms with Crippen molar-refractivity contribution >= 4 is 5.91 Å². The smallest absolute Gasteiger partial charge is 0.251 e. The number of carbonyl (C=O) groups excluding carboxylic acids is 1. The molecule has 2 heterocycles. The molecule has 2 saturated heterocycles. The molecule has 162 valence electrons. The summed E-state index contributed by atoms with van der Waals surface area (Å²) >= 11 is 0. The molecule has 0 spiro atoms. The summed E-state index contributed by atoms with van der Waals surface area (Å²) in [6.07, 6.45) is 1.15. The first-order valence-corrected chi connectivity index (χ1v) is 10.8. The minimum absolute atomic E-state index is 0.153. The Labute approximate surface area is 174 Å². The van der Waals surface area contributed by atoms with Crippen LogP contribution in [-0.2, 0) is 4.74 Å². The Bertz CT molecular complexity index is 631. The van der Waals surface area contributed by atoms with Gasteiger partial charge in [0.1, 0.15) is 12.4 Å². The van der Waals surface area contributed by atoms with Gasteiger partial charge in [-0.25, -0.2) is 0 Å². The van der Waals surface area contributed by atoms with Crippen molar-refractivity contribution in [2.24, 2.45) is 0 Å². The summed E-state index contributed by atoms with van der Waals surface area (Å²) in [5, 5.41) is 13.4. The molecule has 1 aromatic rings. The van der Waals surface area contributed by atoms with Crippen LogP contribution < -0.4 is 10.1 Å². The lowest BCUT2D eigenvalue weighted by molar-refractivity contribution is 0.0322. The van der Waals surface area contributed by atoms with Crippen LogP contribution in [0.25, 0.3) is 0 Å². The van der Waals surface area contributed by atoms with E-state index in [2.05, 4.69) is 29.0 Å². The lowest BCUT2D eigenvalue weighted by Gasteiger charge is -2.29. The molecule has 0 radical (unpaired) electrons. The Morgan fingerprint density at radius 3 is 2.66 bits per heavy atom. The second kappa shape index (κ2) is 10.9. The Hall–Kier alpha value is -1.67. The summed E-state index contributed by atoms with van der Waals surface area (Å²) in [5.41, 5.74) is 0.582. The SMILES string of the molecule is CC(C)N1CCCC(O)C(NC(=O)c2ccc(OCCN3CCOCC3)cc2)C1. The van der Waals surface area contributed by atoms with Gasteiger partial charge in [0.15, 0.2) is 0 Å². The molecule has 7 heteroatoms. The highest BCUT2D eigenvalue weighted by molar-refractivity contribution is 5.94. The van der Waals surface area contributed by atoms with E-state index in [-0.39, 0.29) is 11.9 Å². The number of hydrogen-bond acceptors (Lipinski definition) is 6. The monoisotopic (exact) mass is 405 g/mol. The zero-order chi connectivity index (χ0) is 20.6. The summed E-state index contributed by atoms with van der Waals surface area (Å²) in [7, 11) is 0. The Morgan fingerprint density at radius 2 is 1.97 bits per heavy atom. The van der Waals surface area contributed by atoms with Crippen LogP contribution in [0.3, 0.4) is 0 Å². The highest BCUT2D eigenvalue weighted by Crippen LogP contribution is 2.16. The van der Waals surface area contributed by atoms with Gasteiger partial charge >= 0.3 is 0 Å². The first kappa shape index (κ1) is 22.0. The van der Waals surface area contributed by atoms with Crippen molar-refractivity contribution in [3.63, 3.8) is 0 Å². The van der Waals surface area contributed by atoms with Crippen molar-refractivity contribution in [1.82, 2.24) is 15.1 Å². The topological polar surface area (TPSA) is 74.3 Å². The summed E-state index contributed by atoms with van der Waals surface area (Å²) < 4.78 is 11.2. The number of aliphatic hydroxyl groups is 1. The van der Waals surface area contributed by atoms with E-state index >= 15 is 0 Å². The third kappa shape index (κ3) is 6.67. The van der Waals surface area contributed by atoms with E-state index in [9.17, 15) is 9.90 Å². The highest BCUT2D eigenvalue weighted by atomic mass is 16.5. The van der Waals surface area contributed by atoms with Crippen LogP contribution in [0, 0.1) is 0 Å². The van der Waals surface area contributed by atoms with Gasteiger partial charge in [0.05, 0.1) is 25.4 Å². The fourth-order valence-corrected chi connectivity index (χ4v) is 3.85. The summed E-state index contributed by atoms with van der Waals surface area (Å²) in [6.45, 7) is 10.9. The molecule has 29 heavy (non-hydrogen) atoms. The number of benzene rings is 1. The van der Waals surface area contributed by atoms with Crippen LogP contribution in [0.1, 0.15) is 37.0 Å². The third-order valence-electron chi connectivity index (χ3n) is 5.78. The van der Waals surface area contributed by atoms with Gasteiger partial charge in [-0.05, 0) is 57.5 Å². The molecule has 2 unspecified atom stereocenters. The van der Waals surface area contributed by atoms with Gasteiger partial charge < -0.3 is 19.9 Å². The molecule has 2 atom stereocenters. The third-order valence-corrected chi connectivity index (χ3v) is 5.78. The lowest BCUT2D eigenvalue weighted by atomic mass is 10.1. The van der Waals surface area contributed by atoms with Crippen LogP contribution >= 0.6 is 0 Å². The van der Waals surface area contributed by atoms with Crippen molar-refractivity contribution in [1.29, 1.82) is 0 Å². The molecule has 7 nitrogen and oxygen atoms in total. The first-order valence-electron chi connectivity index (χ1n) is 10.8. The highest BCUT2D eigenvalue weighted by Gasteiger charge is 2.28. The predicted octanol–water partition coefficient (Wildman–Crippen LogP) is 1.36. The maximum absolute atomic E-state index is 12.7. The predicted molar refractivity (Wildman–Crippen MR) is 112 cm³/mol. The van der Waals surface area contributed by atoms with Gasteiger partial charge in [-0.1, -0.05) is 0 Å². The van der Waals surface area contributed by atoms with E-state index < -0.39 is 6.10 Å². The van der Waals surface area contributed by atoms with Crippen molar-refractivity contribution in [2.45, 2.75) is 44.9 Å². The molecule has 0 bridgehead atoms. The molecular weight excluding hydrogens is 370 g/mol. The number of morpholine rings is 1. The van der Waals surface area contributed by atoms with Gasteiger partial charge in [0.25, 0.3) is 5.91 Å². The number of nitrogens with zero attached hydrogens (tertiary/aromatic N) is 2. The fraction of sp³-hybridized carbons (Fsp3) is 0.682. The maximum Gasteiger partial charge on any atom is 0.251 e. The van der Waals surface area contributed by atoms with Gasteiger partial charge in [0, 0.05) is 37.8 Å². The maximum atomic E-state index is 12.7. The summed E-state index contributed by atoms with van der Waals surface area (Å²) in [5.74, 6) is 0.606. The number of rotatable bonds is 7. The minimum atomic E-state index is -0.509. The molecule has 1 amide bonds. The van der Waals surface area contributed by atoms with E-state index in [1.54, 1.807) is 12.1 Å². The number of nitrogens with one attached hydrogen (secondary N) is 1. The van der Waals surface area contributed by atoms with Gasteiger partial charge in [-0.15, -0.1) is 0 Å². The molecule has 1 aromatic carbocycles. The molecule has 0 aliphatic carbocycles. The number of carbonyl (C=O) groups is 1. The van der Waals surface area contributed by atoms with Gasteiger partial charge in [0.2, 0.25) is 0 Å². The zero-order valence-corrected chi connectivity index (χ0v) is 17.7. The number of likely N-dealkylation sites (tertiary alicyclic amines) is 1. The first-order chi connectivity index (χ1) is 14.0. The molecule has 0 saturated carbocycles. The Kier molecular flexibility index (Phi) is 8.29. The average Bonchev–Trinajstić information content (AvgIpc) is 2.91. The van der Waals surface area contributed by atoms with Crippen LogP contribution in [-0.4, -0.2) is 91.5 Å². The van der Waals surface area contributed by atoms with Crippen molar-refractivity contribution in [3.8, 4) is 5.75 Å². The fourth-order valence-electron chi connectivity index (χ4n) is 3.85. The standard InChI is InChI=1S/C22H35N3O4/c1-17(2)25-9-3-4-21(26)20(16-25)23-22(27)18-5-7-19(8-6-18)29-15-12-24-10-13-28-14-11-24/h5-8,17,20-21,26H,3-4,9-16H2,1-2H3,(H,23,27). The summed E-state index contributed by atoms with van der Waals surface area (Å²) in [4.78, 5) is 17.3. The van der Waals surface area contributed by atoms with Crippen LogP contribution in [0.5, 0.6) is 5.75 Å². The summed E-state index contributed by atoms with van der Waals surface area (Å²) in [6, 6.07) is 7.37. The molecule has 2 aliphatic heterocycles. The van der Waals surface area contributed by atoms with Gasteiger partial charge in [-0.3, -0.25) is 14.6 Å². The molecule has 2 N–H and O–H groups in total. The zero-order valence-electron chi connectivity index (χ0n) is 17.7. The number of hydrogen-bond donors (Lipinski definition) is 2. The van der Waals surface area contributed by atoms with E-state index in [0.717, 1.165) is 51.6 Å². The van der Waals surface area contributed by atoms with E-state index in [4.69, 9.17) is 9.47 Å². The number of ether oxygens (including phenoxy) is 2. The van der Waals surface area contributed by atoms with Crippen LogP contribution in [0.2, 0.25) is 0 Å². The molecular formula is C22H35N3O4. The molecule has 2 fully saturated rings. The van der Waals surface area contributed by atoms with Crippen molar-refractivity contribution in [3.05, 3.63) is 29.8 Å². The minimum Gasteiger partial charge on any atom is -0.492 e. The van der Waals surface area contributed by atoms with E-state index in [0.29, 0.717) is 31.2 Å². The van der Waals surface area contributed by atoms with E-state index in [1.165, 1.54) is 0 Å². The Morgan fingerprint density at radius 1 is 1.24 bits per heavy atom. The second-order valence-electron chi connectivity index (χ2n) is 8.21. The Balaban J connectivity index is 1.48. The quantitative estimate of drug-likeness (QED) is 0.714. The van der Waals surface area contributed by atoms with Crippen molar-refractivity contribution < 1.29 is 19.4 Å². The second-order valence-corrected chi connectivity index (χ2v) is 8.21. The average molecular weight is 406 g/mol. The molecule has 0 aromatic heterocycles. The van der Waals surface area contributed by atoms with Crippen LogP contribution in [0.4, 0.5) is 0 Å². The largest absolute Gasteiger partial charge is 0.492 e. The number of amides is 1. The van der Waals surface area contributed by atoms with Crippen molar-refractivity contribution in [2.75, 3.05) is 52.5 Å².